The van der Waals surface area contributed by atoms with Gasteiger partial charge in [0.05, 0.1) is 16.5 Å². The van der Waals surface area contributed by atoms with Crippen molar-refractivity contribution in [1.82, 2.24) is 10.2 Å². The molecule has 0 unspecified atom stereocenters. The third kappa shape index (κ3) is 6.33. The minimum absolute atomic E-state index is 0.0899. The summed E-state index contributed by atoms with van der Waals surface area (Å²) < 4.78 is 14.2. The predicted octanol–water partition coefficient (Wildman–Crippen LogP) is 5.27. The predicted molar refractivity (Wildman–Crippen MR) is 115 cm³/mol. The van der Waals surface area contributed by atoms with Crippen molar-refractivity contribution in [1.29, 1.82) is 0 Å². The molecule has 0 bridgehead atoms. The fraction of sp³-hybridized carbons (Fsp3) is 0.333. The van der Waals surface area contributed by atoms with Gasteiger partial charge in [0.2, 0.25) is 11.8 Å². The van der Waals surface area contributed by atoms with Gasteiger partial charge in [0, 0.05) is 23.2 Å². The molecule has 0 aliphatic heterocycles. The molecule has 2 aromatic carbocycles. The van der Waals surface area contributed by atoms with Crippen LogP contribution < -0.4 is 5.32 Å². The van der Waals surface area contributed by atoms with Crippen LogP contribution in [0.3, 0.4) is 0 Å². The monoisotopic (exact) mass is 458 g/mol. The van der Waals surface area contributed by atoms with Crippen molar-refractivity contribution in [2.45, 2.75) is 45.8 Å². The lowest BCUT2D eigenvalue weighted by molar-refractivity contribution is -0.140. The van der Waals surface area contributed by atoms with Gasteiger partial charge < -0.3 is 10.2 Å². The molecule has 0 radical (unpaired) electrons. The summed E-state index contributed by atoms with van der Waals surface area (Å²) in [6.45, 7) is 5.38. The van der Waals surface area contributed by atoms with Crippen LogP contribution in [0, 0.1) is 5.82 Å². The van der Waals surface area contributed by atoms with Gasteiger partial charge in [-0.2, -0.15) is 0 Å². The number of nitrogens with zero attached hydrogens (tertiary/aromatic N) is 1. The van der Waals surface area contributed by atoms with Crippen LogP contribution in [0.4, 0.5) is 4.39 Å². The SMILES string of the molecule is CC(C)NC(=O)[C@H](C)N(Cc1ccc(Cl)c(Cl)c1)C(=O)Cc1c(F)cccc1Cl. The summed E-state index contributed by atoms with van der Waals surface area (Å²) in [4.78, 5) is 27.0. The van der Waals surface area contributed by atoms with Gasteiger partial charge in [-0.3, -0.25) is 9.59 Å². The Balaban J connectivity index is 2.33. The Kier molecular flexibility index (Phi) is 8.32. The standard InChI is InChI=1S/C21H22Cl3FN2O2/c1-12(2)26-21(29)13(3)27(11-14-7-8-17(23)18(24)9-14)20(28)10-15-16(22)5-4-6-19(15)25/h4-9,12-13H,10-11H2,1-3H3,(H,26,29)/t13-/m0/s1. The second kappa shape index (κ2) is 10.3. The van der Waals surface area contributed by atoms with E-state index in [0.29, 0.717) is 15.6 Å². The number of amides is 2. The molecule has 8 heteroatoms. The third-order valence-corrected chi connectivity index (χ3v) is 5.42. The Labute approximate surface area is 184 Å². The zero-order chi connectivity index (χ0) is 21.7. The van der Waals surface area contributed by atoms with Crippen LogP contribution in [0.5, 0.6) is 0 Å². The van der Waals surface area contributed by atoms with Gasteiger partial charge >= 0.3 is 0 Å². The van der Waals surface area contributed by atoms with E-state index in [-0.39, 0.29) is 35.5 Å². The molecule has 1 atom stereocenters. The molecule has 1 N–H and O–H groups in total. The molecule has 0 saturated heterocycles. The second-order valence-electron chi connectivity index (χ2n) is 6.99. The van der Waals surface area contributed by atoms with Gasteiger partial charge in [0.25, 0.3) is 0 Å². The first-order chi connectivity index (χ1) is 13.6. The zero-order valence-electron chi connectivity index (χ0n) is 16.3. The summed E-state index contributed by atoms with van der Waals surface area (Å²) in [5.74, 6) is -1.32. The number of hydrogen-bond donors (Lipinski definition) is 1. The number of carbonyl (C=O) groups is 2. The van der Waals surface area contributed by atoms with Gasteiger partial charge in [-0.15, -0.1) is 0 Å². The van der Waals surface area contributed by atoms with E-state index in [1.807, 2.05) is 13.8 Å². The van der Waals surface area contributed by atoms with Crippen LogP contribution in [-0.4, -0.2) is 28.8 Å². The molecular formula is C21H22Cl3FN2O2. The lowest BCUT2D eigenvalue weighted by Crippen LogP contribution is -2.49. The van der Waals surface area contributed by atoms with Gasteiger partial charge in [-0.25, -0.2) is 4.39 Å². The molecule has 29 heavy (non-hydrogen) atoms. The molecule has 2 rings (SSSR count). The summed E-state index contributed by atoms with van der Waals surface area (Å²) >= 11 is 18.1. The lowest BCUT2D eigenvalue weighted by atomic mass is 10.1. The number of rotatable bonds is 7. The average molecular weight is 460 g/mol. The van der Waals surface area contributed by atoms with E-state index in [1.54, 1.807) is 25.1 Å². The van der Waals surface area contributed by atoms with E-state index >= 15 is 0 Å². The maximum Gasteiger partial charge on any atom is 0.242 e. The normalized spacial score (nSPS) is 12.0. The molecule has 2 aromatic rings. The number of nitrogens with one attached hydrogen (secondary N) is 1. The van der Waals surface area contributed by atoms with Crippen LogP contribution in [0.15, 0.2) is 36.4 Å². The van der Waals surface area contributed by atoms with Crippen LogP contribution >= 0.6 is 34.8 Å². The minimum atomic E-state index is -0.787. The topological polar surface area (TPSA) is 49.4 Å². The molecule has 4 nitrogen and oxygen atoms in total. The molecule has 0 saturated carbocycles. The van der Waals surface area contributed by atoms with Gasteiger partial charge in [-0.1, -0.05) is 46.9 Å². The molecule has 0 aromatic heterocycles. The number of benzene rings is 2. The fourth-order valence-electron chi connectivity index (χ4n) is 2.78. The van der Waals surface area contributed by atoms with Crippen LogP contribution in [0.1, 0.15) is 31.9 Å². The van der Waals surface area contributed by atoms with Crippen molar-refractivity contribution in [2.24, 2.45) is 0 Å². The van der Waals surface area contributed by atoms with Gasteiger partial charge in [-0.05, 0) is 50.6 Å². The largest absolute Gasteiger partial charge is 0.352 e. The Hall–Kier alpha value is -1.82. The first-order valence-corrected chi connectivity index (χ1v) is 10.2. The number of carbonyl (C=O) groups excluding carboxylic acids is 2. The molecule has 0 fully saturated rings. The van der Waals surface area contributed by atoms with Crippen LogP contribution in [0.25, 0.3) is 0 Å². The Bertz CT molecular complexity index is 885. The van der Waals surface area contributed by atoms with E-state index in [4.69, 9.17) is 34.8 Å². The first kappa shape index (κ1) is 23.5. The quantitative estimate of drug-likeness (QED) is 0.613. The highest BCUT2D eigenvalue weighted by molar-refractivity contribution is 6.42. The fourth-order valence-corrected chi connectivity index (χ4v) is 3.33. The van der Waals surface area contributed by atoms with Gasteiger partial charge in [0.15, 0.2) is 0 Å². The highest BCUT2D eigenvalue weighted by Gasteiger charge is 2.27. The number of hydrogen-bond acceptors (Lipinski definition) is 2. The van der Waals surface area contributed by atoms with E-state index in [9.17, 15) is 14.0 Å². The maximum atomic E-state index is 14.2. The van der Waals surface area contributed by atoms with E-state index in [1.165, 1.54) is 23.1 Å². The van der Waals surface area contributed by atoms with Crippen molar-refractivity contribution >= 4 is 46.6 Å². The van der Waals surface area contributed by atoms with Crippen molar-refractivity contribution in [2.75, 3.05) is 0 Å². The van der Waals surface area contributed by atoms with Crippen molar-refractivity contribution in [3.63, 3.8) is 0 Å². The van der Waals surface area contributed by atoms with Crippen LogP contribution in [0.2, 0.25) is 15.1 Å². The van der Waals surface area contributed by atoms with Gasteiger partial charge in [0.1, 0.15) is 11.9 Å². The second-order valence-corrected chi connectivity index (χ2v) is 8.21. The van der Waals surface area contributed by atoms with E-state index < -0.39 is 17.8 Å². The zero-order valence-corrected chi connectivity index (χ0v) is 18.6. The van der Waals surface area contributed by atoms with Crippen molar-refractivity contribution in [3.05, 3.63) is 68.4 Å². The Morgan fingerprint density at radius 1 is 1.03 bits per heavy atom. The summed E-state index contributed by atoms with van der Waals surface area (Å²) in [7, 11) is 0. The summed E-state index contributed by atoms with van der Waals surface area (Å²) in [6, 6.07) is 8.33. The Morgan fingerprint density at radius 2 is 1.72 bits per heavy atom. The molecule has 156 valence electrons. The molecule has 2 amide bonds. The minimum Gasteiger partial charge on any atom is -0.352 e. The van der Waals surface area contributed by atoms with E-state index in [2.05, 4.69) is 5.32 Å². The molecule has 0 heterocycles. The average Bonchev–Trinajstić information content (AvgIpc) is 2.64. The first-order valence-electron chi connectivity index (χ1n) is 9.06. The molecular weight excluding hydrogens is 438 g/mol. The van der Waals surface area contributed by atoms with Crippen molar-refractivity contribution < 1.29 is 14.0 Å². The lowest BCUT2D eigenvalue weighted by Gasteiger charge is -2.29. The van der Waals surface area contributed by atoms with Crippen LogP contribution in [-0.2, 0) is 22.6 Å². The Morgan fingerprint density at radius 3 is 2.31 bits per heavy atom. The maximum absolute atomic E-state index is 14.2. The van der Waals surface area contributed by atoms with E-state index in [0.717, 1.165) is 0 Å². The molecule has 0 aliphatic carbocycles. The molecule has 0 spiro atoms. The number of halogens is 4. The summed E-state index contributed by atoms with van der Waals surface area (Å²) in [6.07, 6.45) is -0.272. The smallest absolute Gasteiger partial charge is 0.242 e. The summed E-state index contributed by atoms with van der Waals surface area (Å²) in [5, 5.41) is 3.68. The van der Waals surface area contributed by atoms with Crippen molar-refractivity contribution in [3.8, 4) is 0 Å². The highest BCUT2D eigenvalue weighted by Crippen LogP contribution is 2.25. The molecule has 0 aliphatic rings. The third-order valence-electron chi connectivity index (χ3n) is 4.32. The summed E-state index contributed by atoms with van der Waals surface area (Å²) in [5.41, 5.74) is 0.784. The highest BCUT2D eigenvalue weighted by atomic mass is 35.5.